The van der Waals surface area contributed by atoms with E-state index in [1.807, 2.05) is 34.6 Å². The topological polar surface area (TPSA) is 59.6 Å². The van der Waals surface area contributed by atoms with Gasteiger partial charge in [0.25, 0.3) is 0 Å². The highest BCUT2D eigenvalue weighted by Crippen LogP contribution is 2.15. The van der Waals surface area contributed by atoms with Gasteiger partial charge in [0, 0.05) is 18.6 Å². The number of rotatable bonds is 4. The van der Waals surface area contributed by atoms with E-state index >= 15 is 0 Å². The van der Waals surface area contributed by atoms with Crippen molar-refractivity contribution in [1.29, 1.82) is 0 Å². The SMILES string of the molecule is CC(C)(C)NC(=O)COCC1CNCC(C)(C)O1. The fourth-order valence-electron chi connectivity index (χ4n) is 1.90. The maximum Gasteiger partial charge on any atom is 0.246 e. The van der Waals surface area contributed by atoms with Gasteiger partial charge in [-0.2, -0.15) is 0 Å². The summed E-state index contributed by atoms with van der Waals surface area (Å²) in [6.07, 6.45) is 0.0104. The number of nitrogens with one attached hydrogen (secondary N) is 2. The lowest BCUT2D eigenvalue weighted by Gasteiger charge is -2.36. The lowest BCUT2D eigenvalue weighted by Crippen LogP contribution is -2.52. The van der Waals surface area contributed by atoms with Crippen LogP contribution in [-0.4, -0.2) is 49.5 Å². The Morgan fingerprint density at radius 1 is 1.50 bits per heavy atom. The Bertz CT molecular complexity index is 284. The van der Waals surface area contributed by atoms with Gasteiger partial charge in [-0.15, -0.1) is 0 Å². The molecule has 1 aliphatic rings. The van der Waals surface area contributed by atoms with Gasteiger partial charge in [-0.3, -0.25) is 4.79 Å². The van der Waals surface area contributed by atoms with Crippen LogP contribution in [-0.2, 0) is 14.3 Å². The van der Waals surface area contributed by atoms with Crippen molar-refractivity contribution in [3.05, 3.63) is 0 Å². The highest BCUT2D eigenvalue weighted by atomic mass is 16.5. The largest absolute Gasteiger partial charge is 0.369 e. The minimum atomic E-state index is -0.217. The van der Waals surface area contributed by atoms with Crippen molar-refractivity contribution < 1.29 is 14.3 Å². The van der Waals surface area contributed by atoms with Gasteiger partial charge in [0.2, 0.25) is 5.91 Å². The second kappa shape index (κ2) is 5.99. The average Bonchev–Trinajstić information content (AvgIpc) is 2.12. The molecule has 0 aliphatic carbocycles. The van der Waals surface area contributed by atoms with Gasteiger partial charge >= 0.3 is 0 Å². The number of carbonyl (C=O) groups is 1. The summed E-state index contributed by atoms with van der Waals surface area (Å²) >= 11 is 0. The minimum absolute atomic E-state index is 0.0104. The van der Waals surface area contributed by atoms with Crippen LogP contribution in [0.15, 0.2) is 0 Å². The molecule has 5 heteroatoms. The molecule has 1 unspecified atom stereocenters. The molecule has 0 aromatic heterocycles. The first kappa shape index (κ1) is 15.4. The Morgan fingerprint density at radius 2 is 2.17 bits per heavy atom. The molecule has 0 spiro atoms. The van der Waals surface area contributed by atoms with Crippen LogP contribution in [0, 0.1) is 0 Å². The first-order chi connectivity index (χ1) is 8.18. The molecule has 0 aromatic rings. The third-order valence-corrected chi connectivity index (χ3v) is 2.46. The Labute approximate surface area is 110 Å². The summed E-state index contributed by atoms with van der Waals surface area (Å²) in [5, 5.41) is 6.15. The summed E-state index contributed by atoms with van der Waals surface area (Å²) in [5.74, 6) is -0.0921. The number of morpholine rings is 1. The van der Waals surface area contributed by atoms with Crippen LogP contribution in [0.25, 0.3) is 0 Å². The van der Waals surface area contributed by atoms with E-state index in [4.69, 9.17) is 9.47 Å². The molecule has 0 aromatic carbocycles. The van der Waals surface area contributed by atoms with Crippen molar-refractivity contribution in [1.82, 2.24) is 10.6 Å². The second-order valence-electron chi connectivity index (χ2n) is 6.44. The van der Waals surface area contributed by atoms with Crippen molar-refractivity contribution in [2.75, 3.05) is 26.3 Å². The molecule has 1 fully saturated rings. The molecule has 1 saturated heterocycles. The molecule has 1 aliphatic heterocycles. The molecular weight excluding hydrogens is 232 g/mol. The molecule has 5 nitrogen and oxygen atoms in total. The van der Waals surface area contributed by atoms with Crippen LogP contribution in [0.5, 0.6) is 0 Å². The molecular formula is C13H26N2O3. The van der Waals surface area contributed by atoms with Crippen molar-refractivity contribution >= 4 is 5.91 Å². The number of carbonyl (C=O) groups excluding carboxylic acids is 1. The predicted molar refractivity (Wildman–Crippen MR) is 70.5 cm³/mol. The zero-order valence-electron chi connectivity index (χ0n) is 12.1. The van der Waals surface area contributed by atoms with E-state index in [1.165, 1.54) is 0 Å². The van der Waals surface area contributed by atoms with E-state index in [9.17, 15) is 4.79 Å². The average molecular weight is 258 g/mol. The smallest absolute Gasteiger partial charge is 0.246 e. The highest BCUT2D eigenvalue weighted by Gasteiger charge is 2.28. The Hall–Kier alpha value is -0.650. The number of hydrogen-bond acceptors (Lipinski definition) is 4. The van der Waals surface area contributed by atoms with Crippen LogP contribution in [0.4, 0.5) is 0 Å². The third-order valence-electron chi connectivity index (χ3n) is 2.46. The van der Waals surface area contributed by atoms with Gasteiger partial charge < -0.3 is 20.1 Å². The van der Waals surface area contributed by atoms with Gasteiger partial charge in [-0.25, -0.2) is 0 Å². The predicted octanol–water partition coefficient (Wildman–Crippen LogP) is 0.685. The van der Waals surface area contributed by atoms with Gasteiger partial charge in [0.15, 0.2) is 0 Å². The Kier molecular flexibility index (Phi) is 5.13. The quantitative estimate of drug-likeness (QED) is 0.779. The molecule has 18 heavy (non-hydrogen) atoms. The summed E-state index contributed by atoms with van der Waals surface area (Å²) in [5.41, 5.74) is -0.384. The summed E-state index contributed by atoms with van der Waals surface area (Å²) in [7, 11) is 0. The van der Waals surface area contributed by atoms with Gasteiger partial charge in [-0.05, 0) is 34.6 Å². The molecule has 0 radical (unpaired) electrons. The first-order valence-electron chi connectivity index (χ1n) is 6.45. The molecule has 1 rings (SSSR count). The number of hydrogen-bond donors (Lipinski definition) is 2. The molecule has 106 valence electrons. The zero-order chi connectivity index (χ0) is 13.8. The van der Waals surface area contributed by atoms with E-state index in [0.29, 0.717) is 6.61 Å². The maximum atomic E-state index is 11.5. The summed E-state index contributed by atoms with van der Waals surface area (Å²) in [4.78, 5) is 11.5. The lowest BCUT2D eigenvalue weighted by atomic mass is 10.1. The van der Waals surface area contributed by atoms with E-state index in [0.717, 1.165) is 13.1 Å². The number of amides is 1. The van der Waals surface area contributed by atoms with Gasteiger partial charge in [0.05, 0.1) is 18.3 Å². The molecule has 1 atom stereocenters. The fourth-order valence-corrected chi connectivity index (χ4v) is 1.90. The third kappa shape index (κ3) is 6.33. The minimum Gasteiger partial charge on any atom is -0.369 e. The van der Waals surface area contributed by atoms with E-state index < -0.39 is 0 Å². The Morgan fingerprint density at radius 3 is 2.72 bits per heavy atom. The number of ether oxygens (including phenoxy) is 2. The van der Waals surface area contributed by atoms with Crippen LogP contribution in [0.2, 0.25) is 0 Å². The van der Waals surface area contributed by atoms with E-state index in [1.54, 1.807) is 0 Å². The second-order valence-corrected chi connectivity index (χ2v) is 6.44. The van der Waals surface area contributed by atoms with Crippen molar-refractivity contribution in [3.8, 4) is 0 Å². The molecule has 0 saturated carbocycles. The summed E-state index contributed by atoms with van der Waals surface area (Å²) in [6.45, 7) is 12.0. The lowest BCUT2D eigenvalue weighted by molar-refractivity contribution is -0.136. The Balaban J connectivity index is 2.20. The van der Waals surface area contributed by atoms with Gasteiger partial charge in [-0.1, -0.05) is 0 Å². The van der Waals surface area contributed by atoms with Gasteiger partial charge in [0.1, 0.15) is 6.61 Å². The van der Waals surface area contributed by atoms with Crippen molar-refractivity contribution in [2.24, 2.45) is 0 Å². The summed E-state index contributed by atoms with van der Waals surface area (Å²) in [6, 6.07) is 0. The molecule has 0 bridgehead atoms. The summed E-state index contributed by atoms with van der Waals surface area (Å²) < 4.78 is 11.2. The van der Waals surface area contributed by atoms with Crippen molar-refractivity contribution in [2.45, 2.75) is 51.9 Å². The van der Waals surface area contributed by atoms with E-state index in [-0.39, 0.29) is 29.8 Å². The van der Waals surface area contributed by atoms with Crippen LogP contribution >= 0.6 is 0 Å². The van der Waals surface area contributed by atoms with Crippen LogP contribution in [0.3, 0.4) is 0 Å². The normalized spacial score (nSPS) is 23.7. The highest BCUT2D eigenvalue weighted by molar-refractivity contribution is 5.77. The van der Waals surface area contributed by atoms with Crippen LogP contribution in [0.1, 0.15) is 34.6 Å². The molecule has 1 amide bonds. The van der Waals surface area contributed by atoms with E-state index in [2.05, 4.69) is 10.6 Å². The van der Waals surface area contributed by atoms with Crippen molar-refractivity contribution in [3.63, 3.8) is 0 Å². The monoisotopic (exact) mass is 258 g/mol. The zero-order valence-corrected chi connectivity index (χ0v) is 12.1. The molecule has 1 heterocycles. The first-order valence-corrected chi connectivity index (χ1v) is 6.45. The molecule has 2 N–H and O–H groups in total. The maximum absolute atomic E-state index is 11.5. The standard InChI is InChI=1S/C13H26N2O3/c1-12(2,3)15-11(16)8-17-7-10-6-14-9-13(4,5)18-10/h10,14H,6-9H2,1-5H3,(H,15,16). The fraction of sp³-hybridized carbons (Fsp3) is 0.923. The van der Waals surface area contributed by atoms with Crippen LogP contribution < -0.4 is 10.6 Å².